The fourth-order valence-electron chi connectivity index (χ4n) is 6.39. The predicted octanol–water partition coefficient (Wildman–Crippen LogP) is 4.81. The minimum Gasteiger partial charge on any atom is -0.478 e. The Balaban J connectivity index is 1.56. The summed E-state index contributed by atoms with van der Waals surface area (Å²) in [7, 11) is 0. The van der Waals surface area contributed by atoms with Crippen LogP contribution in [0, 0.1) is 5.82 Å². The molecule has 198 valence electrons. The van der Waals surface area contributed by atoms with Crippen LogP contribution in [-0.2, 0) is 16.1 Å². The largest absolute Gasteiger partial charge is 0.478 e. The second-order valence-corrected chi connectivity index (χ2v) is 10.5. The molecule has 1 aromatic heterocycles. The van der Waals surface area contributed by atoms with Gasteiger partial charge < -0.3 is 24.4 Å². The van der Waals surface area contributed by atoms with Crippen molar-refractivity contribution in [3.63, 3.8) is 0 Å². The normalized spacial score (nSPS) is 20.0. The molecule has 2 fully saturated rings. The first kappa shape index (κ1) is 24.8. The summed E-state index contributed by atoms with van der Waals surface area (Å²) in [4.78, 5) is 27.4. The van der Waals surface area contributed by atoms with Gasteiger partial charge in [0.05, 0.1) is 37.1 Å². The van der Waals surface area contributed by atoms with Gasteiger partial charge in [0, 0.05) is 35.1 Å². The molecular formula is C30H31FN2O5. The highest BCUT2D eigenvalue weighted by molar-refractivity contribution is 6.03. The van der Waals surface area contributed by atoms with Crippen LogP contribution in [0.1, 0.15) is 59.5 Å². The summed E-state index contributed by atoms with van der Waals surface area (Å²) in [6.45, 7) is 1.07. The number of rotatable bonds is 4. The van der Waals surface area contributed by atoms with E-state index in [0.29, 0.717) is 30.2 Å². The van der Waals surface area contributed by atoms with E-state index in [0.717, 1.165) is 47.8 Å². The number of hydrogen-bond acceptors (Lipinski definition) is 4. The average Bonchev–Trinajstić information content (AvgIpc) is 3.15. The molecule has 1 saturated carbocycles. The van der Waals surface area contributed by atoms with E-state index in [1.165, 1.54) is 24.1 Å². The van der Waals surface area contributed by atoms with Crippen LogP contribution < -0.4 is 0 Å². The van der Waals surface area contributed by atoms with Gasteiger partial charge in [-0.05, 0) is 66.3 Å². The molecule has 38 heavy (non-hydrogen) atoms. The number of aliphatic hydroxyl groups is 1. The minimum atomic E-state index is -1.01. The molecule has 6 rings (SSSR count). The maximum atomic E-state index is 14.5. The Labute approximate surface area is 220 Å². The zero-order valence-electron chi connectivity index (χ0n) is 21.2. The number of amides is 1. The number of morpholine rings is 1. The minimum absolute atomic E-state index is 0.175. The van der Waals surface area contributed by atoms with Gasteiger partial charge in [-0.15, -0.1) is 0 Å². The first-order chi connectivity index (χ1) is 18.4. The van der Waals surface area contributed by atoms with Gasteiger partial charge in [-0.3, -0.25) is 4.79 Å². The molecule has 1 aliphatic carbocycles. The van der Waals surface area contributed by atoms with Gasteiger partial charge in [0.1, 0.15) is 5.82 Å². The Kier molecular flexibility index (Phi) is 6.53. The standard InChI is InChI=1S/C30H31FN2O5/c31-22-7-9-24-20(13-22)12-21(29(35)32-10-11-38-23(16-32)17-34)15-33-26-14-19(30(36)37)6-8-25(26)27(28(24)33)18-4-2-1-3-5-18/h6-9,12-14,18,23,34H,1-5,10-11,15-17H2,(H,36,37). The highest BCUT2D eigenvalue weighted by Gasteiger charge is 2.32. The van der Waals surface area contributed by atoms with E-state index in [1.54, 1.807) is 29.2 Å². The van der Waals surface area contributed by atoms with Crippen molar-refractivity contribution < 1.29 is 28.9 Å². The van der Waals surface area contributed by atoms with Gasteiger partial charge in [-0.1, -0.05) is 25.3 Å². The number of hydrogen-bond donors (Lipinski definition) is 2. The third-order valence-electron chi connectivity index (χ3n) is 8.20. The van der Waals surface area contributed by atoms with Gasteiger partial charge >= 0.3 is 5.97 Å². The molecule has 0 spiro atoms. The number of benzene rings is 2. The number of fused-ring (bicyclic) bond motifs is 5. The van der Waals surface area contributed by atoms with E-state index in [-0.39, 0.29) is 37.0 Å². The smallest absolute Gasteiger partial charge is 0.335 e. The lowest BCUT2D eigenvalue weighted by atomic mass is 9.81. The van der Waals surface area contributed by atoms with Crippen LogP contribution in [0.15, 0.2) is 42.0 Å². The number of halogens is 1. The topological polar surface area (TPSA) is 92.0 Å². The van der Waals surface area contributed by atoms with Crippen molar-refractivity contribution in [2.45, 2.75) is 50.7 Å². The molecule has 1 unspecified atom stereocenters. The summed E-state index contributed by atoms with van der Waals surface area (Å²) in [5.41, 5.74) is 5.04. The average molecular weight is 519 g/mol. The van der Waals surface area contributed by atoms with Crippen molar-refractivity contribution in [1.29, 1.82) is 0 Å². The summed E-state index contributed by atoms with van der Waals surface area (Å²) < 4.78 is 22.1. The predicted molar refractivity (Wildman–Crippen MR) is 142 cm³/mol. The van der Waals surface area contributed by atoms with Crippen LogP contribution in [0.5, 0.6) is 0 Å². The SMILES string of the molecule is O=C(O)c1ccc2c(C3CCCCC3)c3n(c2c1)CC(C(=O)N1CCOC(CO)C1)=Cc1cc(F)ccc1-3. The molecule has 1 amide bonds. The van der Waals surface area contributed by atoms with Crippen molar-refractivity contribution >= 4 is 28.9 Å². The Hall–Kier alpha value is -3.49. The Morgan fingerprint density at radius 2 is 1.89 bits per heavy atom. The van der Waals surface area contributed by atoms with E-state index in [2.05, 4.69) is 4.57 Å². The van der Waals surface area contributed by atoms with Gasteiger partial charge in [0.15, 0.2) is 0 Å². The maximum Gasteiger partial charge on any atom is 0.335 e. The number of nitrogens with zero attached hydrogens (tertiary/aromatic N) is 2. The number of carboxylic acids is 1. The van der Waals surface area contributed by atoms with Crippen LogP contribution in [0.3, 0.4) is 0 Å². The maximum absolute atomic E-state index is 14.5. The van der Waals surface area contributed by atoms with Crippen molar-refractivity contribution in [2.24, 2.45) is 0 Å². The molecule has 3 aromatic rings. The highest BCUT2D eigenvalue weighted by atomic mass is 19.1. The Morgan fingerprint density at radius 1 is 1.08 bits per heavy atom. The van der Waals surface area contributed by atoms with Crippen molar-refractivity contribution in [1.82, 2.24) is 9.47 Å². The van der Waals surface area contributed by atoms with E-state index in [1.807, 2.05) is 6.07 Å². The van der Waals surface area contributed by atoms with Crippen LogP contribution in [0.4, 0.5) is 4.39 Å². The van der Waals surface area contributed by atoms with Crippen molar-refractivity contribution in [3.05, 3.63) is 64.5 Å². The number of carbonyl (C=O) groups is 2. The van der Waals surface area contributed by atoms with Crippen LogP contribution >= 0.6 is 0 Å². The first-order valence-electron chi connectivity index (χ1n) is 13.4. The van der Waals surface area contributed by atoms with Gasteiger partial charge in [0.25, 0.3) is 5.91 Å². The molecule has 0 radical (unpaired) electrons. The number of aromatic carboxylic acids is 1. The van der Waals surface area contributed by atoms with E-state index in [4.69, 9.17) is 4.74 Å². The first-order valence-corrected chi connectivity index (χ1v) is 13.4. The molecule has 8 heteroatoms. The van der Waals surface area contributed by atoms with Crippen LogP contribution in [0.2, 0.25) is 0 Å². The summed E-state index contributed by atoms with van der Waals surface area (Å²) >= 11 is 0. The zero-order chi connectivity index (χ0) is 26.4. The van der Waals surface area contributed by atoms with E-state index in [9.17, 15) is 24.2 Å². The van der Waals surface area contributed by atoms with Gasteiger partial charge in [-0.25, -0.2) is 9.18 Å². The van der Waals surface area contributed by atoms with Crippen molar-refractivity contribution in [2.75, 3.05) is 26.3 Å². The van der Waals surface area contributed by atoms with Crippen molar-refractivity contribution in [3.8, 4) is 11.3 Å². The lowest BCUT2D eigenvalue weighted by molar-refractivity contribution is -0.136. The fourth-order valence-corrected chi connectivity index (χ4v) is 6.39. The second kappa shape index (κ2) is 10.0. The van der Waals surface area contributed by atoms with Crippen LogP contribution in [-0.4, -0.2) is 64.0 Å². The summed E-state index contributed by atoms with van der Waals surface area (Å²) in [6, 6.07) is 9.93. The number of ether oxygens (including phenoxy) is 1. The lowest BCUT2D eigenvalue weighted by Crippen LogP contribution is -2.47. The molecule has 1 saturated heterocycles. The molecule has 0 bridgehead atoms. The van der Waals surface area contributed by atoms with Crippen LogP contribution in [0.25, 0.3) is 28.2 Å². The summed E-state index contributed by atoms with van der Waals surface area (Å²) in [6.07, 6.45) is 6.87. The molecule has 1 atom stereocenters. The molecule has 3 heterocycles. The summed E-state index contributed by atoms with van der Waals surface area (Å²) in [5, 5.41) is 20.3. The Morgan fingerprint density at radius 3 is 2.66 bits per heavy atom. The Bertz CT molecular complexity index is 1450. The molecule has 2 aliphatic heterocycles. The van der Waals surface area contributed by atoms with E-state index >= 15 is 0 Å². The molecular weight excluding hydrogens is 487 g/mol. The molecule has 2 aromatic carbocycles. The molecule has 3 aliphatic rings. The third-order valence-corrected chi connectivity index (χ3v) is 8.20. The number of aromatic nitrogens is 1. The third kappa shape index (κ3) is 4.31. The number of aliphatic hydroxyl groups excluding tert-OH is 1. The number of carboxylic acid groups (broad SMARTS) is 1. The lowest BCUT2D eigenvalue weighted by Gasteiger charge is -2.32. The second-order valence-electron chi connectivity index (χ2n) is 10.5. The van der Waals surface area contributed by atoms with Gasteiger partial charge in [-0.2, -0.15) is 0 Å². The molecule has 2 N–H and O–H groups in total. The zero-order valence-corrected chi connectivity index (χ0v) is 21.2. The monoisotopic (exact) mass is 518 g/mol. The molecule has 7 nitrogen and oxygen atoms in total. The summed E-state index contributed by atoms with van der Waals surface area (Å²) in [5.74, 6) is -1.27. The van der Waals surface area contributed by atoms with Gasteiger partial charge in [0.2, 0.25) is 0 Å². The fraction of sp³-hybridized carbons (Fsp3) is 0.400. The van der Waals surface area contributed by atoms with E-state index < -0.39 is 12.1 Å². The quantitative estimate of drug-likeness (QED) is 0.517. The number of carbonyl (C=O) groups excluding carboxylic acids is 1. The highest BCUT2D eigenvalue weighted by Crippen LogP contribution is 2.46.